The zero-order valence-corrected chi connectivity index (χ0v) is 13.9. The average Bonchev–Trinajstić information content (AvgIpc) is 2.59. The number of thiocarbonyl (C=S) groups is 1. The predicted octanol–water partition coefficient (Wildman–Crippen LogP) is 3.78. The summed E-state index contributed by atoms with van der Waals surface area (Å²) in [5.41, 5.74) is 1.67. The van der Waals surface area contributed by atoms with Gasteiger partial charge in [-0.3, -0.25) is 10.1 Å². The van der Waals surface area contributed by atoms with E-state index in [1.54, 1.807) is 18.2 Å². The highest BCUT2D eigenvalue weighted by Gasteiger charge is 2.02. The van der Waals surface area contributed by atoms with Crippen molar-refractivity contribution >= 4 is 35.0 Å². The topological polar surface area (TPSA) is 50.4 Å². The second-order valence-corrected chi connectivity index (χ2v) is 5.22. The molecule has 0 aromatic heterocycles. The van der Waals surface area contributed by atoms with Crippen LogP contribution in [-0.4, -0.2) is 17.6 Å². The number of nitrogens with one attached hydrogen (secondary N) is 2. The molecule has 24 heavy (non-hydrogen) atoms. The molecule has 0 aliphatic carbocycles. The van der Waals surface area contributed by atoms with Crippen molar-refractivity contribution < 1.29 is 9.53 Å². The summed E-state index contributed by atoms with van der Waals surface area (Å²) < 4.78 is 5.45. The summed E-state index contributed by atoms with van der Waals surface area (Å²) in [5, 5.41) is 5.77. The molecule has 0 aliphatic rings. The normalized spacial score (nSPS) is 10.2. The number of hydrogen-bond donors (Lipinski definition) is 2. The monoisotopic (exact) mass is 338 g/mol. The first-order chi connectivity index (χ1) is 11.7. The fourth-order valence-corrected chi connectivity index (χ4v) is 2.09. The molecule has 5 heteroatoms. The summed E-state index contributed by atoms with van der Waals surface area (Å²) in [7, 11) is 0. The number of rotatable bonds is 6. The summed E-state index contributed by atoms with van der Waals surface area (Å²) in [4.78, 5) is 11.9. The third-order valence-corrected chi connectivity index (χ3v) is 3.13. The van der Waals surface area contributed by atoms with Crippen LogP contribution in [0.3, 0.4) is 0 Å². The molecular weight excluding hydrogens is 320 g/mol. The first-order valence-electron chi connectivity index (χ1n) is 7.36. The van der Waals surface area contributed by atoms with Crippen LogP contribution in [0.15, 0.2) is 73.3 Å². The molecule has 0 spiro atoms. The lowest BCUT2D eigenvalue weighted by Gasteiger charge is -2.10. The molecule has 2 rings (SSSR count). The molecule has 0 aliphatic heterocycles. The molecule has 0 saturated carbocycles. The van der Waals surface area contributed by atoms with Gasteiger partial charge in [0.2, 0.25) is 5.91 Å². The molecule has 122 valence electrons. The third kappa shape index (κ3) is 6.06. The SMILES string of the molecule is C=CCOc1cccc(NC(=S)NC(=O)/C=C/c2ccccc2)c1. The first kappa shape index (κ1) is 17.4. The van der Waals surface area contributed by atoms with Crippen LogP contribution in [0.4, 0.5) is 5.69 Å². The smallest absolute Gasteiger partial charge is 0.250 e. The van der Waals surface area contributed by atoms with Gasteiger partial charge in [0.05, 0.1) is 0 Å². The van der Waals surface area contributed by atoms with Crippen LogP contribution >= 0.6 is 12.2 Å². The second kappa shape index (κ2) is 9.27. The maximum Gasteiger partial charge on any atom is 0.250 e. The molecule has 0 saturated heterocycles. The Morgan fingerprint density at radius 1 is 1.17 bits per heavy atom. The summed E-state index contributed by atoms with van der Waals surface area (Å²) in [5.74, 6) is 0.397. The minimum Gasteiger partial charge on any atom is -0.489 e. The Kier molecular flexibility index (Phi) is 6.73. The Balaban J connectivity index is 1.87. The number of carbonyl (C=O) groups is 1. The molecular formula is C19H18N2O2S. The number of ether oxygens (including phenoxy) is 1. The van der Waals surface area contributed by atoms with Gasteiger partial charge < -0.3 is 10.1 Å². The van der Waals surface area contributed by atoms with Gasteiger partial charge in [-0.05, 0) is 36.0 Å². The highest BCUT2D eigenvalue weighted by Crippen LogP contribution is 2.17. The molecule has 0 atom stereocenters. The van der Waals surface area contributed by atoms with E-state index in [0.717, 1.165) is 11.3 Å². The summed E-state index contributed by atoms with van der Waals surface area (Å²) >= 11 is 5.14. The van der Waals surface area contributed by atoms with Gasteiger partial charge >= 0.3 is 0 Å². The lowest BCUT2D eigenvalue weighted by Crippen LogP contribution is -2.32. The standard InChI is InChI=1S/C19H18N2O2S/c1-2-13-23-17-10-6-9-16(14-17)20-19(24)21-18(22)12-11-15-7-4-3-5-8-15/h2-12,14H,1,13H2,(H2,20,21,22,24)/b12-11+. The molecule has 2 aromatic carbocycles. The maximum absolute atomic E-state index is 11.9. The highest BCUT2D eigenvalue weighted by atomic mass is 32.1. The Labute approximate surface area is 146 Å². The van der Waals surface area contributed by atoms with Gasteiger partial charge in [0, 0.05) is 17.8 Å². The minimum atomic E-state index is -0.296. The quantitative estimate of drug-likeness (QED) is 0.478. The van der Waals surface area contributed by atoms with Crippen molar-refractivity contribution in [2.45, 2.75) is 0 Å². The van der Waals surface area contributed by atoms with E-state index >= 15 is 0 Å². The molecule has 0 heterocycles. The Morgan fingerprint density at radius 3 is 2.71 bits per heavy atom. The lowest BCUT2D eigenvalue weighted by atomic mass is 10.2. The zero-order valence-electron chi connectivity index (χ0n) is 13.1. The summed E-state index contributed by atoms with van der Waals surface area (Å²) in [6.45, 7) is 4.03. The van der Waals surface area contributed by atoms with Crippen molar-refractivity contribution in [3.05, 3.63) is 78.9 Å². The molecule has 0 bridgehead atoms. The van der Waals surface area contributed by atoms with E-state index in [2.05, 4.69) is 17.2 Å². The molecule has 4 nitrogen and oxygen atoms in total. The molecule has 0 radical (unpaired) electrons. The van der Waals surface area contributed by atoms with Crippen molar-refractivity contribution in [3.8, 4) is 5.75 Å². The third-order valence-electron chi connectivity index (χ3n) is 2.92. The van der Waals surface area contributed by atoms with Crippen LogP contribution in [0, 0.1) is 0 Å². The van der Waals surface area contributed by atoms with E-state index in [-0.39, 0.29) is 11.0 Å². The van der Waals surface area contributed by atoms with Gasteiger partial charge in [0.1, 0.15) is 12.4 Å². The molecule has 0 fully saturated rings. The number of anilines is 1. The zero-order chi connectivity index (χ0) is 17.2. The van der Waals surface area contributed by atoms with Crippen molar-refractivity contribution in [3.63, 3.8) is 0 Å². The Morgan fingerprint density at radius 2 is 1.96 bits per heavy atom. The van der Waals surface area contributed by atoms with E-state index in [0.29, 0.717) is 12.4 Å². The van der Waals surface area contributed by atoms with Gasteiger partial charge in [-0.25, -0.2) is 0 Å². The number of amides is 1. The van der Waals surface area contributed by atoms with Crippen LogP contribution in [0.5, 0.6) is 5.75 Å². The fourth-order valence-electron chi connectivity index (χ4n) is 1.87. The van der Waals surface area contributed by atoms with E-state index in [1.807, 2.05) is 48.5 Å². The van der Waals surface area contributed by atoms with Gasteiger partial charge in [0.25, 0.3) is 0 Å². The average molecular weight is 338 g/mol. The summed E-state index contributed by atoms with van der Waals surface area (Å²) in [6, 6.07) is 16.9. The van der Waals surface area contributed by atoms with Gasteiger partial charge in [-0.15, -0.1) is 0 Å². The Bertz CT molecular complexity index is 742. The van der Waals surface area contributed by atoms with E-state index in [9.17, 15) is 4.79 Å². The number of hydrogen-bond acceptors (Lipinski definition) is 3. The Hall–Kier alpha value is -2.92. The minimum absolute atomic E-state index is 0.221. The summed E-state index contributed by atoms with van der Waals surface area (Å²) in [6.07, 6.45) is 4.83. The lowest BCUT2D eigenvalue weighted by molar-refractivity contribution is -0.115. The van der Waals surface area contributed by atoms with Crippen molar-refractivity contribution in [2.24, 2.45) is 0 Å². The van der Waals surface area contributed by atoms with Gasteiger partial charge in [-0.2, -0.15) is 0 Å². The van der Waals surface area contributed by atoms with Crippen LogP contribution < -0.4 is 15.4 Å². The maximum atomic E-state index is 11.9. The second-order valence-electron chi connectivity index (χ2n) is 4.81. The van der Waals surface area contributed by atoms with Crippen LogP contribution in [0.25, 0.3) is 6.08 Å². The highest BCUT2D eigenvalue weighted by molar-refractivity contribution is 7.80. The van der Waals surface area contributed by atoms with Crippen molar-refractivity contribution in [2.75, 3.05) is 11.9 Å². The van der Waals surface area contributed by atoms with Crippen molar-refractivity contribution in [1.29, 1.82) is 0 Å². The van der Waals surface area contributed by atoms with Gasteiger partial charge in [-0.1, -0.05) is 49.1 Å². The van der Waals surface area contributed by atoms with E-state index < -0.39 is 0 Å². The molecule has 0 unspecified atom stereocenters. The van der Waals surface area contributed by atoms with Crippen LogP contribution in [0.2, 0.25) is 0 Å². The van der Waals surface area contributed by atoms with Crippen molar-refractivity contribution in [1.82, 2.24) is 5.32 Å². The van der Waals surface area contributed by atoms with Crippen LogP contribution in [0.1, 0.15) is 5.56 Å². The molecule has 2 aromatic rings. The van der Waals surface area contributed by atoms with Gasteiger partial charge in [0.15, 0.2) is 5.11 Å². The predicted molar refractivity (Wildman–Crippen MR) is 102 cm³/mol. The van der Waals surface area contributed by atoms with E-state index in [4.69, 9.17) is 17.0 Å². The van der Waals surface area contributed by atoms with Crippen LogP contribution in [-0.2, 0) is 4.79 Å². The largest absolute Gasteiger partial charge is 0.489 e. The first-order valence-corrected chi connectivity index (χ1v) is 7.77. The fraction of sp³-hybridized carbons (Fsp3) is 0.0526. The molecule has 1 amide bonds. The molecule has 2 N–H and O–H groups in total. The number of carbonyl (C=O) groups excluding carboxylic acids is 1. The van der Waals surface area contributed by atoms with E-state index in [1.165, 1.54) is 6.08 Å². The number of benzene rings is 2.